The molecule has 112 valence electrons. The summed E-state index contributed by atoms with van der Waals surface area (Å²) in [6.45, 7) is 0. The number of aliphatic imine (C=N–C) groups is 1. The monoisotopic (exact) mass is 293 g/mol. The number of nitrogens with zero attached hydrogens (tertiary/aromatic N) is 1. The molecule has 0 bridgehead atoms. The van der Waals surface area contributed by atoms with Crippen LogP contribution in [0.25, 0.3) is 0 Å². The number of carbonyl (C=O) groups is 1. The molecule has 0 saturated heterocycles. The molecule has 4 nitrogen and oxygen atoms in total. The number of rotatable bonds is 3. The van der Waals surface area contributed by atoms with Gasteiger partial charge in [-0.1, -0.05) is 60.7 Å². The van der Waals surface area contributed by atoms with Gasteiger partial charge in [0.25, 0.3) is 0 Å². The van der Waals surface area contributed by atoms with Gasteiger partial charge in [-0.2, -0.15) is 0 Å². The zero-order valence-corrected chi connectivity index (χ0v) is 12.2. The van der Waals surface area contributed by atoms with E-state index in [-0.39, 0.29) is 24.0 Å². The number of carbonyl (C=O) groups excluding carboxylic acids is 1. The fraction of sp³-hybridized carbons (Fsp3) is 0.222. The molecule has 0 amide bonds. The first-order chi connectivity index (χ1) is 10.7. The molecule has 1 heterocycles. The maximum Gasteiger partial charge on any atom is 0.164 e. The van der Waals surface area contributed by atoms with Crippen LogP contribution in [0.2, 0.25) is 0 Å². The summed E-state index contributed by atoms with van der Waals surface area (Å²) in [6, 6.07) is 18.5. The molecule has 2 aromatic rings. The van der Waals surface area contributed by atoms with Gasteiger partial charge in [-0.05, 0) is 11.1 Å². The largest absolute Gasteiger partial charge is 0.325 e. The van der Waals surface area contributed by atoms with Crippen LogP contribution in [0.3, 0.4) is 0 Å². The van der Waals surface area contributed by atoms with Crippen molar-refractivity contribution in [3.05, 3.63) is 71.8 Å². The zero-order chi connectivity index (χ0) is 15.5. The van der Waals surface area contributed by atoms with Crippen LogP contribution in [0.4, 0.5) is 0 Å². The van der Waals surface area contributed by atoms with Gasteiger partial charge in [0.2, 0.25) is 0 Å². The Labute approximate surface area is 129 Å². The highest BCUT2D eigenvalue weighted by Gasteiger charge is 2.38. The Bertz CT molecular complexity index is 669. The molecule has 0 saturated carbocycles. The van der Waals surface area contributed by atoms with Crippen LogP contribution in [-0.4, -0.2) is 24.1 Å². The Morgan fingerprint density at radius 2 is 1.36 bits per heavy atom. The van der Waals surface area contributed by atoms with Gasteiger partial charge in [-0.25, -0.2) is 0 Å². The van der Waals surface area contributed by atoms with Gasteiger partial charge in [0, 0.05) is 18.0 Å². The van der Waals surface area contributed by atoms with Crippen molar-refractivity contribution in [1.29, 1.82) is 0 Å². The van der Waals surface area contributed by atoms with Crippen LogP contribution in [0.15, 0.2) is 65.7 Å². The molecule has 0 spiro atoms. The molecule has 4 heteroatoms. The molecule has 4 atom stereocenters. The molecule has 4 unspecified atom stereocenters. The van der Waals surface area contributed by atoms with Gasteiger partial charge in [0.1, 0.15) is 0 Å². The lowest BCUT2D eigenvalue weighted by Gasteiger charge is -2.37. The minimum Gasteiger partial charge on any atom is -0.325 e. The summed E-state index contributed by atoms with van der Waals surface area (Å²) in [4.78, 5) is 16.1. The number of aldehydes is 1. The number of nitrogens with two attached hydrogens (primary N) is 2. The van der Waals surface area contributed by atoms with E-state index in [0.29, 0.717) is 5.71 Å². The Morgan fingerprint density at radius 3 is 1.91 bits per heavy atom. The van der Waals surface area contributed by atoms with E-state index in [1.807, 2.05) is 60.7 Å². The van der Waals surface area contributed by atoms with Crippen molar-refractivity contribution in [2.75, 3.05) is 0 Å². The molecule has 0 aliphatic carbocycles. The Morgan fingerprint density at radius 1 is 0.818 bits per heavy atom. The predicted octanol–water partition coefficient (Wildman–Crippen LogP) is 1.82. The second-order valence-corrected chi connectivity index (χ2v) is 5.57. The van der Waals surface area contributed by atoms with Crippen LogP contribution >= 0.6 is 0 Å². The summed E-state index contributed by atoms with van der Waals surface area (Å²) in [5.74, 6) is -0.256. The van der Waals surface area contributed by atoms with E-state index in [2.05, 4.69) is 4.99 Å². The SMILES string of the molecule is NC1C(c2ccccc2)N=C(C=O)C(c2ccccc2)C1N. The molecule has 0 radical (unpaired) electrons. The summed E-state index contributed by atoms with van der Waals surface area (Å²) in [7, 11) is 0. The van der Waals surface area contributed by atoms with Gasteiger partial charge in [0.15, 0.2) is 6.29 Å². The second kappa shape index (κ2) is 6.22. The smallest absolute Gasteiger partial charge is 0.164 e. The summed E-state index contributed by atoms with van der Waals surface area (Å²) >= 11 is 0. The summed E-state index contributed by atoms with van der Waals surface area (Å²) in [5.41, 5.74) is 15.2. The Hall–Kier alpha value is -2.30. The summed E-state index contributed by atoms with van der Waals surface area (Å²) in [5, 5.41) is 0. The van der Waals surface area contributed by atoms with Crippen molar-refractivity contribution in [2.24, 2.45) is 16.5 Å². The number of hydrogen-bond donors (Lipinski definition) is 2. The van der Waals surface area contributed by atoms with Gasteiger partial charge < -0.3 is 11.5 Å². The normalized spacial score (nSPS) is 28.0. The number of benzene rings is 2. The predicted molar refractivity (Wildman–Crippen MR) is 87.8 cm³/mol. The third-order valence-corrected chi connectivity index (χ3v) is 4.22. The number of hydrogen-bond acceptors (Lipinski definition) is 4. The first kappa shape index (κ1) is 14.6. The first-order valence-electron chi connectivity index (χ1n) is 7.36. The van der Waals surface area contributed by atoms with E-state index in [0.717, 1.165) is 17.4 Å². The van der Waals surface area contributed by atoms with Crippen LogP contribution in [-0.2, 0) is 4.79 Å². The van der Waals surface area contributed by atoms with E-state index in [1.165, 1.54) is 0 Å². The van der Waals surface area contributed by atoms with Crippen molar-refractivity contribution in [3.63, 3.8) is 0 Å². The van der Waals surface area contributed by atoms with Gasteiger partial charge in [0.05, 0.1) is 11.8 Å². The lowest BCUT2D eigenvalue weighted by molar-refractivity contribution is -0.103. The first-order valence-corrected chi connectivity index (χ1v) is 7.36. The van der Waals surface area contributed by atoms with E-state index in [1.54, 1.807) is 0 Å². The standard InChI is InChI=1S/C18H19N3O/c19-16-15(12-7-3-1-4-8-12)14(11-22)21-18(17(16)20)13-9-5-2-6-10-13/h1-11,15-18H,19-20H2. The van der Waals surface area contributed by atoms with E-state index in [4.69, 9.17) is 11.5 Å². The molecule has 4 N–H and O–H groups in total. The molecular formula is C18H19N3O. The highest BCUT2D eigenvalue weighted by Crippen LogP contribution is 2.34. The fourth-order valence-corrected chi connectivity index (χ4v) is 3.06. The maximum atomic E-state index is 11.5. The molecular weight excluding hydrogens is 274 g/mol. The van der Waals surface area contributed by atoms with Crippen LogP contribution < -0.4 is 11.5 Å². The minimum atomic E-state index is -0.356. The second-order valence-electron chi connectivity index (χ2n) is 5.57. The lowest BCUT2D eigenvalue weighted by Crippen LogP contribution is -2.53. The van der Waals surface area contributed by atoms with Crippen molar-refractivity contribution in [2.45, 2.75) is 24.0 Å². The Balaban J connectivity index is 2.04. The topological polar surface area (TPSA) is 81.5 Å². The van der Waals surface area contributed by atoms with Crippen molar-refractivity contribution in [3.8, 4) is 0 Å². The van der Waals surface area contributed by atoms with Crippen LogP contribution in [0, 0.1) is 0 Å². The molecule has 1 aliphatic rings. The van der Waals surface area contributed by atoms with E-state index in [9.17, 15) is 4.79 Å². The maximum absolute atomic E-state index is 11.5. The van der Waals surface area contributed by atoms with Gasteiger partial charge in [-0.15, -0.1) is 0 Å². The Kier molecular flexibility index (Phi) is 4.13. The summed E-state index contributed by atoms with van der Waals surface area (Å²) in [6.07, 6.45) is 0.805. The molecule has 22 heavy (non-hydrogen) atoms. The average Bonchev–Trinajstić information content (AvgIpc) is 2.58. The quantitative estimate of drug-likeness (QED) is 0.847. The van der Waals surface area contributed by atoms with E-state index >= 15 is 0 Å². The minimum absolute atomic E-state index is 0.256. The van der Waals surface area contributed by atoms with Crippen molar-refractivity contribution >= 4 is 12.0 Å². The molecule has 1 aliphatic heterocycles. The highest BCUT2D eigenvalue weighted by molar-refractivity contribution is 6.31. The van der Waals surface area contributed by atoms with Crippen LogP contribution in [0.5, 0.6) is 0 Å². The molecule has 3 rings (SSSR count). The fourth-order valence-electron chi connectivity index (χ4n) is 3.06. The van der Waals surface area contributed by atoms with Crippen molar-refractivity contribution in [1.82, 2.24) is 0 Å². The van der Waals surface area contributed by atoms with Gasteiger partial charge >= 0.3 is 0 Å². The zero-order valence-electron chi connectivity index (χ0n) is 12.2. The molecule has 0 fully saturated rings. The third-order valence-electron chi connectivity index (χ3n) is 4.22. The lowest BCUT2D eigenvalue weighted by atomic mass is 9.78. The van der Waals surface area contributed by atoms with Crippen molar-refractivity contribution < 1.29 is 4.79 Å². The average molecular weight is 293 g/mol. The van der Waals surface area contributed by atoms with Gasteiger partial charge in [-0.3, -0.25) is 9.79 Å². The van der Waals surface area contributed by atoms with E-state index < -0.39 is 0 Å². The third kappa shape index (κ3) is 2.58. The highest BCUT2D eigenvalue weighted by atomic mass is 16.1. The summed E-state index contributed by atoms with van der Waals surface area (Å²) < 4.78 is 0. The molecule has 0 aromatic heterocycles. The van der Waals surface area contributed by atoms with Crippen LogP contribution in [0.1, 0.15) is 23.1 Å². The molecule has 2 aromatic carbocycles.